The van der Waals surface area contributed by atoms with Crippen molar-refractivity contribution in [2.24, 2.45) is 0 Å². The fourth-order valence-electron chi connectivity index (χ4n) is 4.63. The van der Waals surface area contributed by atoms with Crippen LogP contribution in [0.25, 0.3) is 0 Å². The summed E-state index contributed by atoms with van der Waals surface area (Å²) in [6.07, 6.45) is -1.79. The van der Waals surface area contributed by atoms with Gasteiger partial charge in [-0.2, -0.15) is 0 Å². The highest BCUT2D eigenvalue weighted by molar-refractivity contribution is 5.78. The first-order valence-electron chi connectivity index (χ1n) is 10.9. The minimum atomic E-state index is -0.886. The van der Waals surface area contributed by atoms with Crippen molar-refractivity contribution in [3.05, 3.63) is 108 Å². The zero-order valence-corrected chi connectivity index (χ0v) is 18.1. The van der Waals surface area contributed by atoms with Crippen LogP contribution in [0.2, 0.25) is 0 Å². The van der Waals surface area contributed by atoms with E-state index < -0.39 is 35.7 Å². The Morgan fingerprint density at radius 2 is 1.25 bits per heavy atom. The Kier molecular flexibility index (Phi) is 5.33. The van der Waals surface area contributed by atoms with Gasteiger partial charge in [0, 0.05) is 0 Å². The van der Waals surface area contributed by atoms with Gasteiger partial charge in [-0.05, 0) is 30.5 Å². The molecule has 2 aliphatic heterocycles. The quantitative estimate of drug-likeness (QED) is 0.428. The molecule has 0 N–H and O–H groups in total. The molecule has 164 valence electrons. The first-order chi connectivity index (χ1) is 15.5. The SMILES string of the molecule is CC1(C)O[C@@H]2[C@@H](COC(c3ccccc3)(c3ccccc3)c3ccccc3)OC(=O)[C@@H]2O1. The number of carbonyl (C=O) groups is 1. The van der Waals surface area contributed by atoms with Crippen LogP contribution in [0, 0.1) is 0 Å². The lowest BCUT2D eigenvalue weighted by Crippen LogP contribution is -2.39. The number of hydrogen-bond acceptors (Lipinski definition) is 5. The standard InChI is InChI=1S/C27H26O5/c1-26(2)31-23-22(30-25(28)24(23)32-26)18-29-27(19-12-6-3-7-13-19,20-14-8-4-9-15-20)21-16-10-5-11-17-21/h3-17,22-24H,18H2,1-2H3/t22-,23-,24-/m1/s1. The molecular formula is C27H26O5. The largest absolute Gasteiger partial charge is 0.455 e. The van der Waals surface area contributed by atoms with E-state index in [0.29, 0.717) is 0 Å². The highest BCUT2D eigenvalue weighted by Crippen LogP contribution is 2.42. The molecule has 0 spiro atoms. The maximum atomic E-state index is 12.4. The van der Waals surface area contributed by atoms with E-state index in [4.69, 9.17) is 18.9 Å². The lowest BCUT2D eigenvalue weighted by Gasteiger charge is -2.37. The van der Waals surface area contributed by atoms with Crippen LogP contribution in [0.3, 0.4) is 0 Å². The number of esters is 1. The molecule has 0 bridgehead atoms. The number of carbonyl (C=O) groups excluding carboxylic acids is 1. The van der Waals surface area contributed by atoms with Crippen LogP contribution < -0.4 is 0 Å². The van der Waals surface area contributed by atoms with E-state index in [1.165, 1.54) is 0 Å². The van der Waals surface area contributed by atoms with Crippen LogP contribution in [0.5, 0.6) is 0 Å². The maximum Gasteiger partial charge on any atom is 0.338 e. The summed E-state index contributed by atoms with van der Waals surface area (Å²) in [7, 11) is 0. The molecule has 0 amide bonds. The number of hydrogen-bond donors (Lipinski definition) is 0. The predicted octanol–water partition coefficient (Wildman–Crippen LogP) is 4.44. The van der Waals surface area contributed by atoms with Crippen LogP contribution in [-0.2, 0) is 29.3 Å². The third-order valence-electron chi connectivity index (χ3n) is 6.00. The van der Waals surface area contributed by atoms with E-state index in [0.717, 1.165) is 16.7 Å². The maximum absolute atomic E-state index is 12.4. The minimum Gasteiger partial charge on any atom is -0.455 e. The number of rotatable bonds is 6. The molecule has 0 aliphatic carbocycles. The van der Waals surface area contributed by atoms with Crippen molar-refractivity contribution in [1.82, 2.24) is 0 Å². The zero-order chi connectivity index (χ0) is 22.2. The molecule has 5 heteroatoms. The molecule has 0 saturated carbocycles. The second-order valence-corrected chi connectivity index (χ2v) is 8.59. The molecular weight excluding hydrogens is 404 g/mol. The molecule has 2 aliphatic rings. The molecule has 2 heterocycles. The van der Waals surface area contributed by atoms with Gasteiger partial charge in [0.2, 0.25) is 0 Å². The van der Waals surface area contributed by atoms with Crippen LogP contribution in [-0.4, -0.2) is 36.7 Å². The highest BCUT2D eigenvalue weighted by Gasteiger charge is 2.56. The molecule has 2 fully saturated rings. The van der Waals surface area contributed by atoms with E-state index in [9.17, 15) is 4.79 Å². The van der Waals surface area contributed by atoms with Crippen LogP contribution >= 0.6 is 0 Å². The van der Waals surface area contributed by atoms with Gasteiger partial charge in [0.15, 0.2) is 18.0 Å². The monoisotopic (exact) mass is 430 g/mol. The topological polar surface area (TPSA) is 54.0 Å². The Bertz CT molecular complexity index is 968. The predicted molar refractivity (Wildman–Crippen MR) is 119 cm³/mol. The molecule has 32 heavy (non-hydrogen) atoms. The average Bonchev–Trinajstić information content (AvgIpc) is 3.29. The molecule has 3 aromatic carbocycles. The summed E-state index contributed by atoms with van der Waals surface area (Å²) in [4.78, 5) is 12.4. The molecule has 5 rings (SSSR count). The summed E-state index contributed by atoms with van der Waals surface area (Å²) in [6.45, 7) is 3.77. The molecule has 3 aromatic rings. The summed E-state index contributed by atoms with van der Waals surface area (Å²) >= 11 is 0. The van der Waals surface area contributed by atoms with E-state index in [-0.39, 0.29) is 6.61 Å². The number of benzene rings is 3. The molecule has 0 unspecified atom stereocenters. The van der Waals surface area contributed by atoms with Gasteiger partial charge < -0.3 is 18.9 Å². The minimum absolute atomic E-state index is 0.158. The van der Waals surface area contributed by atoms with Crippen molar-refractivity contribution >= 4 is 5.97 Å². The Morgan fingerprint density at radius 3 is 1.72 bits per heavy atom. The fraction of sp³-hybridized carbons (Fsp3) is 0.296. The average molecular weight is 431 g/mol. The van der Waals surface area contributed by atoms with Crippen LogP contribution in [0.15, 0.2) is 91.0 Å². The van der Waals surface area contributed by atoms with Crippen LogP contribution in [0.4, 0.5) is 0 Å². The summed E-state index contributed by atoms with van der Waals surface area (Å²) in [5, 5.41) is 0. The Labute approximate surface area is 187 Å². The van der Waals surface area contributed by atoms with Gasteiger partial charge in [0.25, 0.3) is 0 Å². The van der Waals surface area contributed by atoms with Crippen molar-refractivity contribution in [2.45, 2.75) is 43.5 Å². The highest BCUT2D eigenvalue weighted by atomic mass is 16.8. The lowest BCUT2D eigenvalue weighted by molar-refractivity contribution is -0.192. The fourth-order valence-corrected chi connectivity index (χ4v) is 4.63. The Hall–Kier alpha value is -2.99. The Balaban J connectivity index is 1.56. The molecule has 2 saturated heterocycles. The van der Waals surface area contributed by atoms with E-state index in [1.54, 1.807) is 13.8 Å². The van der Waals surface area contributed by atoms with Crippen molar-refractivity contribution in [2.75, 3.05) is 6.61 Å². The number of fused-ring (bicyclic) bond motifs is 1. The number of ether oxygens (including phenoxy) is 4. The third kappa shape index (κ3) is 3.62. The molecule has 5 nitrogen and oxygen atoms in total. The van der Waals surface area contributed by atoms with Crippen molar-refractivity contribution < 1.29 is 23.7 Å². The second kappa shape index (κ2) is 8.17. The van der Waals surface area contributed by atoms with Crippen molar-refractivity contribution in [3.63, 3.8) is 0 Å². The van der Waals surface area contributed by atoms with Gasteiger partial charge in [0.05, 0.1) is 6.61 Å². The van der Waals surface area contributed by atoms with Gasteiger partial charge in [-0.3, -0.25) is 0 Å². The number of cyclic esters (lactones) is 1. The van der Waals surface area contributed by atoms with Crippen LogP contribution in [0.1, 0.15) is 30.5 Å². The summed E-state index contributed by atoms with van der Waals surface area (Å²) < 4.78 is 24.1. The normalized spacial score (nSPS) is 24.2. The van der Waals surface area contributed by atoms with E-state index in [2.05, 4.69) is 36.4 Å². The van der Waals surface area contributed by atoms with Gasteiger partial charge in [-0.25, -0.2) is 4.79 Å². The van der Waals surface area contributed by atoms with Crippen molar-refractivity contribution in [3.8, 4) is 0 Å². The third-order valence-corrected chi connectivity index (χ3v) is 6.00. The first-order valence-corrected chi connectivity index (χ1v) is 10.9. The van der Waals surface area contributed by atoms with E-state index in [1.807, 2.05) is 54.6 Å². The van der Waals surface area contributed by atoms with Gasteiger partial charge in [-0.1, -0.05) is 91.0 Å². The Morgan fingerprint density at radius 1 is 0.781 bits per heavy atom. The van der Waals surface area contributed by atoms with E-state index >= 15 is 0 Å². The van der Waals surface area contributed by atoms with Gasteiger partial charge in [0.1, 0.15) is 11.7 Å². The second-order valence-electron chi connectivity index (χ2n) is 8.59. The zero-order valence-electron chi connectivity index (χ0n) is 18.1. The lowest BCUT2D eigenvalue weighted by atomic mass is 9.80. The van der Waals surface area contributed by atoms with Gasteiger partial charge >= 0.3 is 5.97 Å². The molecule has 0 radical (unpaired) electrons. The molecule has 3 atom stereocenters. The smallest absolute Gasteiger partial charge is 0.338 e. The molecule has 0 aromatic heterocycles. The summed E-state index contributed by atoms with van der Waals surface area (Å²) in [6, 6.07) is 30.3. The first kappa shape index (κ1) is 20.9. The van der Waals surface area contributed by atoms with Crippen molar-refractivity contribution in [1.29, 1.82) is 0 Å². The summed E-state index contributed by atoms with van der Waals surface area (Å²) in [5.74, 6) is -1.23. The van der Waals surface area contributed by atoms with Gasteiger partial charge in [-0.15, -0.1) is 0 Å². The summed E-state index contributed by atoms with van der Waals surface area (Å²) in [5.41, 5.74) is 2.08.